The zero-order valence-corrected chi connectivity index (χ0v) is 9.53. The SMILES string of the molecule is CCc1nc(C2CCCCC2)c(C(=O)O)o1. The minimum absolute atomic E-state index is 0.0590. The van der Waals surface area contributed by atoms with Gasteiger partial charge >= 0.3 is 5.97 Å². The van der Waals surface area contributed by atoms with Crippen LogP contribution in [0.15, 0.2) is 4.42 Å². The summed E-state index contributed by atoms with van der Waals surface area (Å²) in [6, 6.07) is 0. The summed E-state index contributed by atoms with van der Waals surface area (Å²) < 4.78 is 5.27. The highest BCUT2D eigenvalue weighted by Gasteiger charge is 2.27. The van der Waals surface area contributed by atoms with E-state index in [2.05, 4.69) is 4.98 Å². The molecule has 1 aromatic rings. The Balaban J connectivity index is 2.29. The Kier molecular flexibility index (Phi) is 3.27. The average molecular weight is 223 g/mol. The van der Waals surface area contributed by atoms with Crippen LogP contribution in [0, 0.1) is 0 Å². The molecule has 0 atom stereocenters. The van der Waals surface area contributed by atoms with E-state index in [1.807, 2.05) is 6.92 Å². The fourth-order valence-corrected chi connectivity index (χ4v) is 2.34. The van der Waals surface area contributed by atoms with Crippen LogP contribution in [0.25, 0.3) is 0 Å². The van der Waals surface area contributed by atoms with Crippen molar-refractivity contribution in [3.63, 3.8) is 0 Å². The minimum atomic E-state index is -0.993. The van der Waals surface area contributed by atoms with Crippen LogP contribution in [0.4, 0.5) is 0 Å². The van der Waals surface area contributed by atoms with Gasteiger partial charge < -0.3 is 9.52 Å². The summed E-state index contributed by atoms with van der Waals surface area (Å²) in [5.74, 6) is -0.113. The van der Waals surface area contributed by atoms with E-state index in [0.29, 0.717) is 18.0 Å². The molecule has 1 saturated carbocycles. The molecule has 0 unspecified atom stereocenters. The van der Waals surface area contributed by atoms with E-state index in [-0.39, 0.29) is 11.7 Å². The third kappa shape index (κ3) is 2.10. The van der Waals surface area contributed by atoms with E-state index in [9.17, 15) is 4.79 Å². The number of aromatic nitrogens is 1. The van der Waals surface area contributed by atoms with Crippen LogP contribution >= 0.6 is 0 Å². The van der Waals surface area contributed by atoms with Gasteiger partial charge in [0.1, 0.15) is 0 Å². The molecule has 4 nitrogen and oxygen atoms in total. The molecule has 1 aromatic heterocycles. The topological polar surface area (TPSA) is 63.3 Å². The molecular weight excluding hydrogens is 206 g/mol. The standard InChI is InChI=1S/C12H17NO3/c1-2-9-13-10(11(16-9)12(14)15)8-6-4-3-5-7-8/h8H,2-7H2,1H3,(H,14,15). The van der Waals surface area contributed by atoms with Crippen molar-refractivity contribution >= 4 is 5.97 Å². The summed E-state index contributed by atoms with van der Waals surface area (Å²) in [6.45, 7) is 1.92. The van der Waals surface area contributed by atoms with Crippen molar-refractivity contribution in [2.24, 2.45) is 0 Å². The van der Waals surface area contributed by atoms with E-state index >= 15 is 0 Å². The predicted octanol–water partition coefficient (Wildman–Crippen LogP) is 2.98. The highest BCUT2D eigenvalue weighted by Crippen LogP contribution is 2.34. The molecular formula is C12H17NO3. The van der Waals surface area contributed by atoms with Crippen molar-refractivity contribution in [2.75, 3.05) is 0 Å². The van der Waals surface area contributed by atoms with Gasteiger partial charge in [0.25, 0.3) is 0 Å². The van der Waals surface area contributed by atoms with Crippen LogP contribution in [0.3, 0.4) is 0 Å². The average Bonchev–Trinajstić information content (AvgIpc) is 2.74. The van der Waals surface area contributed by atoms with E-state index in [1.54, 1.807) is 0 Å². The number of carboxylic acid groups (broad SMARTS) is 1. The Morgan fingerprint density at radius 3 is 2.69 bits per heavy atom. The molecule has 1 fully saturated rings. The highest BCUT2D eigenvalue weighted by atomic mass is 16.4. The third-order valence-electron chi connectivity index (χ3n) is 3.19. The molecule has 1 N–H and O–H groups in total. The molecule has 0 spiro atoms. The van der Waals surface area contributed by atoms with Crippen molar-refractivity contribution in [1.29, 1.82) is 0 Å². The number of nitrogens with zero attached hydrogens (tertiary/aromatic N) is 1. The van der Waals surface area contributed by atoms with Gasteiger partial charge in [-0.25, -0.2) is 9.78 Å². The molecule has 1 aliphatic carbocycles. The number of rotatable bonds is 3. The zero-order chi connectivity index (χ0) is 11.5. The van der Waals surface area contributed by atoms with Gasteiger partial charge in [0.05, 0.1) is 5.69 Å². The lowest BCUT2D eigenvalue weighted by Crippen LogP contribution is -2.09. The summed E-state index contributed by atoms with van der Waals surface area (Å²) >= 11 is 0. The maximum Gasteiger partial charge on any atom is 0.373 e. The molecule has 0 saturated heterocycles. The monoisotopic (exact) mass is 223 g/mol. The molecule has 0 aromatic carbocycles. The van der Waals surface area contributed by atoms with Crippen LogP contribution < -0.4 is 0 Å². The molecule has 0 radical (unpaired) electrons. The van der Waals surface area contributed by atoms with Crippen molar-refractivity contribution in [3.05, 3.63) is 17.3 Å². The lowest BCUT2D eigenvalue weighted by atomic mass is 9.86. The van der Waals surface area contributed by atoms with Gasteiger partial charge in [-0.2, -0.15) is 0 Å². The van der Waals surface area contributed by atoms with Crippen LogP contribution in [0.5, 0.6) is 0 Å². The molecule has 4 heteroatoms. The summed E-state index contributed by atoms with van der Waals surface area (Å²) in [7, 11) is 0. The molecule has 1 heterocycles. The molecule has 2 rings (SSSR count). The first-order valence-electron chi connectivity index (χ1n) is 5.95. The Hall–Kier alpha value is -1.32. The zero-order valence-electron chi connectivity index (χ0n) is 9.53. The number of carbonyl (C=O) groups is 1. The van der Waals surface area contributed by atoms with Gasteiger partial charge in [-0.3, -0.25) is 0 Å². The van der Waals surface area contributed by atoms with Gasteiger partial charge in [-0.1, -0.05) is 26.2 Å². The van der Waals surface area contributed by atoms with Crippen LogP contribution in [0.1, 0.15) is 67.1 Å². The molecule has 0 aliphatic heterocycles. The van der Waals surface area contributed by atoms with Crippen LogP contribution in [0.2, 0.25) is 0 Å². The first-order valence-corrected chi connectivity index (χ1v) is 5.95. The largest absolute Gasteiger partial charge is 0.475 e. The van der Waals surface area contributed by atoms with E-state index in [0.717, 1.165) is 25.7 Å². The van der Waals surface area contributed by atoms with Crippen LogP contribution in [-0.4, -0.2) is 16.1 Å². The molecule has 0 bridgehead atoms. The first-order chi connectivity index (χ1) is 7.72. The normalized spacial score (nSPS) is 17.6. The lowest BCUT2D eigenvalue weighted by molar-refractivity contribution is 0.0657. The summed E-state index contributed by atoms with van der Waals surface area (Å²) in [6.07, 6.45) is 6.30. The summed E-state index contributed by atoms with van der Waals surface area (Å²) in [5, 5.41) is 9.07. The molecule has 88 valence electrons. The number of hydrogen-bond acceptors (Lipinski definition) is 3. The summed E-state index contributed by atoms with van der Waals surface area (Å²) in [4.78, 5) is 15.4. The van der Waals surface area contributed by atoms with Gasteiger partial charge in [0, 0.05) is 12.3 Å². The number of aromatic carboxylic acids is 1. The van der Waals surface area contributed by atoms with Gasteiger partial charge in [0.15, 0.2) is 5.89 Å². The second-order valence-electron chi connectivity index (χ2n) is 4.32. The second kappa shape index (κ2) is 4.68. The molecule has 0 amide bonds. The second-order valence-corrected chi connectivity index (χ2v) is 4.32. The Bertz CT molecular complexity index is 378. The van der Waals surface area contributed by atoms with Crippen LogP contribution in [-0.2, 0) is 6.42 Å². The van der Waals surface area contributed by atoms with Crippen molar-refractivity contribution in [1.82, 2.24) is 4.98 Å². The predicted molar refractivity (Wildman–Crippen MR) is 58.7 cm³/mol. The van der Waals surface area contributed by atoms with E-state index in [1.165, 1.54) is 6.42 Å². The third-order valence-corrected chi connectivity index (χ3v) is 3.19. The number of hydrogen-bond donors (Lipinski definition) is 1. The van der Waals surface area contributed by atoms with Crippen molar-refractivity contribution in [3.8, 4) is 0 Å². The quantitative estimate of drug-likeness (QED) is 0.855. The fourth-order valence-electron chi connectivity index (χ4n) is 2.34. The number of aryl methyl sites for hydroxylation is 1. The lowest BCUT2D eigenvalue weighted by Gasteiger charge is -2.19. The maximum absolute atomic E-state index is 11.1. The van der Waals surface area contributed by atoms with Gasteiger partial charge in [0.2, 0.25) is 5.76 Å². The van der Waals surface area contributed by atoms with Gasteiger partial charge in [-0.15, -0.1) is 0 Å². The van der Waals surface area contributed by atoms with E-state index < -0.39 is 5.97 Å². The smallest absolute Gasteiger partial charge is 0.373 e. The van der Waals surface area contributed by atoms with Gasteiger partial charge in [-0.05, 0) is 12.8 Å². The van der Waals surface area contributed by atoms with E-state index in [4.69, 9.17) is 9.52 Å². The minimum Gasteiger partial charge on any atom is -0.475 e. The van der Waals surface area contributed by atoms with Crippen molar-refractivity contribution < 1.29 is 14.3 Å². The maximum atomic E-state index is 11.1. The summed E-state index contributed by atoms with van der Waals surface area (Å²) in [5.41, 5.74) is 0.670. The Morgan fingerprint density at radius 1 is 1.44 bits per heavy atom. The first kappa shape index (κ1) is 11.2. The van der Waals surface area contributed by atoms with Crippen molar-refractivity contribution in [2.45, 2.75) is 51.4 Å². The Morgan fingerprint density at radius 2 is 2.12 bits per heavy atom. The number of carboxylic acids is 1. The molecule has 1 aliphatic rings. The fraction of sp³-hybridized carbons (Fsp3) is 0.667. The molecule has 16 heavy (non-hydrogen) atoms. The number of oxazole rings is 1. The highest BCUT2D eigenvalue weighted by molar-refractivity contribution is 5.85. The Labute approximate surface area is 94.7 Å².